The number of carbonyl (C=O) groups is 1. The van der Waals surface area contributed by atoms with E-state index in [1.165, 1.54) is 5.69 Å². The zero-order chi connectivity index (χ0) is 20.1. The van der Waals surface area contributed by atoms with E-state index in [4.69, 9.17) is 9.47 Å². The zero-order valence-electron chi connectivity index (χ0n) is 17.0. The van der Waals surface area contributed by atoms with E-state index in [1.807, 2.05) is 24.3 Å². The van der Waals surface area contributed by atoms with Crippen LogP contribution in [0.4, 0.5) is 17.1 Å². The highest BCUT2D eigenvalue weighted by atomic mass is 16.5. The summed E-state index contributed by atoms with van der Waals surface area (Å²) in [6, 6.07) is 16.4. The molecule has 2 aromatic carbocycles. The molecule has 6 nitrogen and oxygen atoms in total. The summed E-state index contributed by atoms with van der Waals surface area (Å²) in [6.07, 6.45) is 1.61. The molecule has 0 bridgehead atoms. The van der Waals surface area contributed by atoms with Crippen molar-refractivity contribution in [1.82, 2.24) is 0 Å². The van der Waals surface area contributed by atoms with Crippen LogP contribution >= 0.6 is 0 Å². The van der Waals surface area contributed by atoms with E-state index in [1.54, 1.807) is 7.11 Å². The minimum Gasteiger partial charge on any atom is -0.495 e. The standard InChI is InChI=1S/C23H29N3O3/c1-28-22-5-3-2-4-21(22)26-14-12-25(13-15-26)20-8-6-19(7-9-20)24-23(27)18-10-16-29-17-11-18/h2-9,18H,10-17H2,1H3,(H,24,27). The van der Waals surface area contributed by atoms with Gasteiger partial charge >= 0.3 is 0 Å². The maximum Gasteiger partial charge on any atom is 0.227 e. The van der Waals surface area contributed by atoms with Gasteiger partial charge in [0.2, 0.25) is 5.91 Å². The van der Waals surface area contributed by atoms with E-state index in [2.05, 4.69) is 39.4 Å². The van der Waals surface area contributed by atoms with Crippen molar-refractivity contribution < 1.29 is 14.3 Å². The van der Waals surface area contributed by atoms with Gasteiger partial charge in [0.05, 0.1) is 12.8 Å². The number of nitrogens with zero attached hydrogens (tertiary/aromatic N) is 2. The van der Waals surface area contributed by atoms with Crippen LogP contribution in [0, 0.1) is 5.92 Å². The second-order valence-electron chi connectivity index (χ2n) is 7.57. The number of benzene rings is 2. The molecule has 6 heteroatoms. The minimum atomic E-state index is 0.0616. The molecule has 0 radical (unpaired) electrons. The number of hydrogen-bond donors (Lipinski definition) is 1. The summed E-state index contributed by atoms with van der Waals surface area (Å²) >= 11 is 0. The number of anilines is 3. The predicted octanol–water partition coefficient (Wildman–Crippen LogP) is 3.39. The highest BCUT2D eigenvalue weighted by molar-refractivity contribution is 5.92. The van der Waals surface area contributed by atoms with Crippen molar-refractivity contribution in [2.75, 3.05) is 61.6 Å². The molecular weight excluding hydrogens is 366 g/mol. The lowest BCUT2D eigenvalue weighted by Gasteiger charge is -2.37. The Bertz CT molecular complexity index is 810. The molecule has 29 heavy (non-hydrogen) atoms. The summed E-state index contributed by atoms with van der Waals surface area (Å²) in [6.45, 7) is 5.15. The zero-order valence-corrected chi connectivity index (χ0v) is 17.0. The van der Waals surface area contributed by atoms with Crippen molar-refractivity contribution in [3.8, 4) is 5.75 Å². The van der Waals surface area contributed by atoms with Crippen LogP contribution in [-0.2, 0) is 9.53 Å². The summed E-state index contributed by atoms with van der Waals surface area (Å²) in [5.41, 5.74) is 3.20. The van der Waals surface area contributed by atoms with Crippen molar-refractivity contribution in [3.05, 3.63) is 48.5 Å². The molecule has 0 spiro atoms. The van der Waals surface area contributed by atoms with Crippen LogP contribution in [0.3, 0.4) is 0 Å². The first kappa shape index (κ1) is 19.6. The number of hydrogen-bond acceptors (Lipinski definition) is 5. The first-order valence-corrected chi connectivity index (χ1v) is 10.4. The molecule has 0 saturated carbocycles. The quantitative estimate of drug-likeness (QED) is 0.841. The largest absolute Gasteiger partial charge is 0.495 e. The normalized spacial score (nSPS) is 17.8. The average molecular weight is 396 g/mol. The van der Waals surface area contributed by atoms with Gasteiger partial charge in [-0.1, -0.05) is 12.1 Å². The highest BCUT2D eigenvalue weighted by Gasteiger charge is 2.22. The molecular formula is C23H29N3O3. The molecule has 4 rings (SSSR count). The van der Waals surface area contributed by atoms with E-state index in [-0.39, 0.29) is 11.8 Å². The van der Waals surface area contributed by atoms with Crippen LogP contribution in [0.15, 0.2) is 48.5 Å². The number of carbonyl (C=O) groups excluding carboxylic acids is 1. The fraction of sp³-hybridized carbons (Fsp3) is 0.435. The second kappa shape index (κ2) is 9.18. The van der Waals surface area contributed by atoms with Crippen LogP contribution in [-0.4, -0.2) is 52.4 Å². The molecule has 1 amide bonds. The molecule has 2 aromatic rings. The monoisotopic (exact) mass is 395 g/mol. The second-order valence-corrected chi connectivity index (χ2v) is 7.57. The number of methoxy groups -OCH3 is 1. The van der Waals surface area contributed by atoms with Gasteiger partial charge in [-0.2, -0.15) is 0 Å². The van der Waals surface area contributed by atoms with Crippen LogP contribution in [0.2, 0.25) is 0 Å². The Hall–Kier alpha value is -2.73. The van der Waals surface area contributed by atoms with Crippen LogP contribution in [0.1, 0.15) is 12.8 Å². The molecule has 2 aliphatic heterocycles. The first-order valence-electron chi connectivity index (χ1n) is 10.4. The van der Waals surface area contributed by atoms with Gasteiger partial charge in [-0.05, 0) is 49.2 Å². The summed E-state index contributed by atoms with van der Waals surface area (Å²) in [5, 5.41) is 3.05. The molecule has 0 atom stereocenters. The van der Waals surface area contributed by atoms with Gasteiger partial charge in [0.1, 0.15) is 5.75 Å². The Balaban J connectivity index is 1.32. The maximum absolute atomic E-state index is 12.4. The third kappa shape index (κ3) is 4.65. The van der Waals surface area contributed by atoms with Crippen molar-refractivity contribution in [2.45, 2.75) is 12.8 Å². The molecule has 2 saturated heterocycles. The number of piperazine rings is 1. The van der Waals surface area contributed by atoms with E-state index >= 15 is 0 Å². The smallest absolute Gasteiger partial charge is 0.227 e. The van der Waals surface area contributed by atoms with Crippen LogP contribution < -0.4 is 19.9 Å². The number of rotatable bonds is 5. The van der Waals surface area contributed by atoms with Gasteiger partial charge in [0, 0.05) is 56.7 Å². The molecule has 0 aliphatic carbocycles. The lowest BCUT2D eigenvalue weighted by molar-refractivity contribution is -0.122. The fourth-order valence-electron chi connectivity index (χ4n) is 4.06. The Kier molecular flexibility index (Phi) is 6.20. The van der Waals surface area contributed by atoms with Gasteiger partial charge in [-0.25, -0.2) is 0 Å². The van der Waals surface area contributed by atoms with Crippen LogP contribution in [0.25, 0.3) is 0 Å². The number of amides is 1. The Labute approximate surface area is 172 Å². The number of ether oxygens (including phenoxy) is 2. The van der Waals surface area contributed by atoms with Gasteiger partial charge < -0.3 is 24.6 Å². The summed E-state index contributed by atoms with van der Waals surface area (Å²) in [5.74, 6) is 1.09. The molecule has 0 unspecified atom stereocenters. The fourth-order valence-corrected chi connectivity index (χ4v) is 4.06. The lowest BCUT2D eigenvalue weighted by Crippen LogP contribution is -2.46. The van der Waals surface area contributed by atoms with Gasteiger partial charge in [0.25, 0.3) is 0 Å². The summed E-state index contributed by atoms with van der Waals surface area (Å²) < 4.78 is 10.8. The SMILES string of the molecule is COc1ccccc1N1CCN(c2ccc(NC(=O)C3CCOCC3)cc2)CC1. The van der Waals surface area contributed by atoms with Gasteiger partial charge in [0.15, 0.2) is 0 Å². The third-order valence-corrected chi connectivity index (χ3v) is 5.80. The van der Waals surface area contributed by atoms with Gasteiger partial charge in [-0.3, -0.25) is 4.79 Å². The molecule has 2 fully saturated rings. The lowest BCUT2D eigenvalue weighted by atomic mass is 9.99. The van der Waals surface area contributed by atoms with Crippen LogP contribution in [0.5, 0.6) is 5.75 Å². The highest BCUT2D eigenvalue weighted by Crippen LogP contribution is 2.29. The Morgan fingerprint density at radius 2 is 1.62 bits per heavy atom. The Morgan fingerprint density at radius 1 is 0.966 bits per heavy atom. The van der Waals surface area contributed by atoms with Crippen molar-refractivity contribution in [3.63, 3.8) is 0 Å². The first-order chi connectivity index (χ1) is 14.2. The minimum absolute atomic E-state index is 0.0616. The summed E-state index contributed by atoms with van der Waals surface area (Å²) in [4.78, 5) is 17.1. The van der Waals surface area contributed by atoms with E-state index in [0.717, 1.165) is 56.1 Å². The van der Waals surface area contributed by atoms with Crippen molar-refractivity contribution in [1.29, 1.82) is 0 Å². The number of nitrogens with one attached hydrogen (secondary N) is 1. The third-order valence-electron chi connectivity index (χ3n) is 5.80. The number of para-hydroxylation sites is 2. The average Bonchev–Trinajstić information content (AvgIpc) is 2.80. The molecule has 1 N–H and O–H groups in total. The predicted molar refractivity (Wildman–Crippen MR) is 116 cm³/mol. The molecule has 154 valence electrons. The van der Waals surface area contributed by atoms with Crippen molar-refractivity contribution in [2.24, 2.45) is 5.92 Å². The summed E-state index contributed by atoms with van der Waals surface area (Å²) in [7, 11) is 1.72. The van der Waals surface area contributed by atoms with Gasteiger partial charge in [-0.15, -0.1) is 0 Å². The maximum atomic E-state index is 12.4. The molecule has 2 aliphatic rings. The topological polar surface area (TPSA) is 54.0 Å². The van der Waals surface area contributed by atoms with E-state index < -0.39 is 0 Å². The molecule has 2 heterocycles. The van der Waals surface area contributed by atoms with E-state index in [0.29, 0.717) is 13.2 Å². The van der Waals surface area contributed by atoms with E-state index in [9.17, 15) is 4.79 Å². The van der Waals surface area contributed by atoms with Crippen molar-refractivity contribution >= 4 is 23.0 Å². The Morgan fingerprint density at radius 3 is 2.31 bits per heavy atom. The molecule has 0 aromatic heterocycles.